The molecule has 182 valence electrons. The highest BCUT2D eigenvalue weighted by Gasteiger charge is 2.23. The Morgan fingerprint density at radius 2 is 1.75 bits per heavy atom. The predicted molar refractivity (Wildman–Crippen MR) is 142 cm³/mol. The lowest BCUT2D eigenvalue weighted by Crippen LogP contribution is -2.30. The zero-order valence-corrected chi connectivity index (χ0v) is 20.7. The summed E-state index contributed by atoms with van der Waals surface area (Å²) in [6.07, 6.45) is 2.70. The zero-order chi connectivity index (χ0) is 25.1. The summed E-state index contributed by atoms with van der Waals surface area (Å²) in [5.74, 6) is 0.404. The number of aryl methyl sites for hydroxylation is 2. The van der Waals surface area contributed by atoms with Gasteiger partial charge < -0.3 is 4.79 Å². The van der Waals surface area contributed by atoms with Crippen LogP contribution in [0.1, 0.15) is 35.1 Å². The van der Waals surface area contributed by atoms with E-state index in [1.54, 1.807) is 29.3 Å². The molecular formula is C28H26ClN5O2. The summed E-state index contributed by atoms with van der Waals surface area (Å²) in [6.45, 7) is 2.84. The molecule has 1 aromatic heterocycles. The van der Waals surface area contributed by atoms with Gasteiger partial charge in [0.1, 0.15) is 6.29 Å². The standard InChI is InChI=1S/C28H26ClN5O2/c1-20-9-11-22(12-10-20)26-25-8-3-2-6-21(25)7-4-18-33(30-26)27-31-34(24-15-13-23(29)14-16-24)28(36)32(27)17-5-19-35/h2-3,6,8-16,19H,4-5,7,17-18H2,1H3/b30-26-. The highest BCUT2D eigenvalue weighted by atomic mass is 35.5. The van der Waals surface area contributed by atoms with E-state index in [2.05, 4.69) is 54.5 Å². The molecule has 0 amide bonds. The SMILES string of the molecule is Cc1ccc(/C2=N/N(c3nn(-c4ccc(Cl)cc4)c(=O)n3CCC=O)CCCc3ccccc32)cc1. The van der Waals surface area contributed by atoms with E-state index in [4.69, 9.17) is 16.7 Å². The number of anilines is 1. The molecule has 0 atom stereocenters. The molecule has 8 heteroatoms. The minimum atomic E-state index is -0.330. The van der Waals surface area contributed by atoms with Gasteiger partial charge in [-0.15, -0.1) is 5.10 Å². The van der Waals surface area contributed by atoms with E-state index >= 15 is 0 Å². The van der Waals surface area contributed by atoms with E-state index in [9.17, 15) is 9.59 Å². The van der Waals surface area contributed by atoms with Crippen LogP contribution in [0, 0.1) is 6.92 Å². The number of carbonyl (C=O) groups excluding carboxylic acids is 1. The van der Waals surface area contributed by atoms with Crippen LogP contribution in [0.15, 0.2) is 82.7 Å². The first-order chi connectivity index (χ1) is 17.5. The van der Waals surface area contributed by atoms with E-state index in [0.717, 1.165) is 36.0 Å². The third kappa shape index (κ3) is 4.75. The molecule has 0 aliphatic carbocycles. The Labute approximate surface area is 214 Å². The first-order valence-electron chi connectivity index (χ1n) is 12.0. The van der Waals surface area contributed by atoms with Crippen LogP contribution in [-0.4, -0.2) is 32.9 Å². The van der Waals surface area contributed by atoms with Gasteiger partial charge in [-0.2, -0.15) is 9.78 Å². The molecule has 0 bridgehead atoms. The number of carbonyl (C=O) groups is 1. The van der Waals surface area contributed by atoms with Crippen LogP contribution in [0.2, 0.25) is 5.02 Å². The van der Waals surface area contributed by atoms with Gasteiger partial charge in [-0.25, -0.2) is 9.80 Å². The second-order valence-corrected chi connectivity index (χ2v) is 9.21. The minimum absolute atomic E-state index is 0.199. The van der Waals surface area contributed by atoms with Crippen molar-refractivity contribution in [2.45, 2.75) is 32.7 Å². The summed E-state index contributed by atoms with van der Waals surface area (Å²) in [5.41, 5.74) is 5.53. The maximum Gasteiger partial charge on any atom is 0.352 e. The van der Waals surface area contributed by atoms with Crippen LogP contribution < -0.4 is 10.7 Å². The number of hydrogen-bond acceptors (Lipinski definition) is 5. The molecule has 1 aliphatic rings. The number of halogens is 1. The lowest BCUT2D eigenvalue weighted by molar-refractivity contribution is -0.108. The largest absolute Gasteiger partial charge is 0.352 e. The molecule has 7 nitrogen and oxygen atoms in total. The van der Waals surface area contributed by atoms with Crippen molar-refractivity contribution >= 4 is 29.5 Å². The molecule has 0 unspecified atom stereocenters. The van der Waals surface area contributed by atoms with Gasteiger partial charge >= 0.3 is 5.69 Å². The van der Waals surface area contributed by atoms with Crippen LogP contribution in [0.25, 0.3) is 5.69 Å². The Hall–Kier alpha value is -3.97. The van der Waals surface area contributed by atoms with Gasteiger partial charge in [0, 0.05) is 35.7 Å². The number of rotatable bonds is 6. The van der Waals surface area contributed by atoms with Gasteiger partial charge in [0.05, 0.1) is 11.4 Å². The monoisotopic (exact) mass is 499 g/mol. The number of fused-ring (bicyclic) bond motifs is 1. The topological polar surface area (TPSA) is 72.5 Å². The summed E-state index contributed by atoms with van der Waals surface area (Å²) in [7, 11) is 0. The van der Waals surface area contributed by atoms with Gasteiger partial charge in [0.2, 0.25) is 5.95 Å². The van der Waals surface area contributed by atoms with Gasteiger partial charge in [-0.1, -0.05) is 65.7 Å². The molecular weight excluding hydrogens is 474 g/mol. The second-order valence-electron chi connectivity index (χ2n) is 8.78. The van der Waals surface area contributed by atoms with Crippen LogP contribution in [0.5, 0.6) is 0 Å². The fourth-order valence-corrected chi connectivity index (χ4v) is 4.51. The molecule has 0 saturated heterocycles. The van der Waals surface area contributed by atoms with Crippen molar-refractivity contribution in [2.75, 3.05) is 11.6 Å². The van der Waals surface area contributed by atoms with Gasteiger partial charge in [-0.05, 0) is 49.6 Å². The van der Waals surface area contributed by atoms with Crippen molar-refractivity contribution in [1.29, 1.82) is 0 Å². The smallest absolute Gasteiger partial charge is 0.303 e. The molecule has 36 heavy (non-hydrogen) atoms. The van der Waals surface area contributed by atoms with Gasteiger partial charge in [-0.3, -0.25) is 4.57 Å². The number of benzene rings is 3. The zero-order valence-electron chi connectivity index (χ0n) is 20.0. The third-order valence-electron chi connectivity index (χ3n) is 6.25. The Bertz CT molecular complexity index is 1470. The van der Waals surface area contributed by atoms with E-state index < -0.39 is 0 Å². The van der Waals surface area contributed by atoms with Crippen LogP contribution in [0.4, 0.5) is 5.95 Å². The Morgan fingerprint density at radius 1 is 1.00 bits per heavy atom. The molecule has 0 spiro atoms. The fraction of sp³-hybridized carbons (Fsp3) is 0.214. The van der Waals surface area contributed by atoms with E-state index in [1.165, 1.54) is 20.4 Å². The van der Waals surface area contributed by atoms with Crippen molar-refractivity contribution in [3.05, 3.63) is 111 Å². The highest BCUT2D eigenvalue weighted by molar-refractivity contribution is 6.30. The maximum absolute atomic E-state index is 13.4. The lowest BCUT2D eigenvalue weighted by Gasteiger charge is -2.24. The summed E-state index contributed by atoms with van der Waals surface area (Å²) < 4.78 is 2.86. The first-order valence-corrected chi connectivity index (χ1v) is 12.3. The number of hydrazone groups is 1. The summed E-state index contributed by atoms with van der Waals surface area (Å²) in [4.78, 5) is 24.6. The minimum Gasteiger partial charge on any atom is -0.303 e. The van der Waals surface area contributed by atoms with Crippen molar-refractivity contribution < 1.29 is 4.79 Å². The summed E-state index contributed by atoms with van der Waals surface area (Å²) in [6, 6.07) is 23.5. The molecule has 0 N–H and O–H groups in total. The van der Waals surface area contributed by atoms with E-state index in [0.29, 0.717) is 23.2 Å². The normalized spacial score (nSPS) is 14.9. The molecule has 0 saturated carbocycles. The van der Waals surface area contributed by atoms with E-state index in [1.807, 2.05) is 6.07 Å². The average Bonchev–Trinajstić information content (AvgIpc) is 3.20. The van der Waals surface area contributed by atoms with Gasteiger partial charge in [0.25, 0.3) is 0 Å². The van der Waals surface area contributed by atoms with Crippen LogP contribution in [-0.2, 0) is 17.8 Å². The van der Waals surface area contributed by atoms with Crippen molar-refractivity contribution in [2.24, 2.45) is 5.10 Å². The van der Waals surface area contributed by atoms with Crippen LogP contribution >= 0.6 is 11.6 Å². The highest BCUT2D eigenvalue weighted by Crippen LogP contribution is 2.24. The predicted octanol–water partition coefficient (Wildman–Crippen LogP) is 4.79. The van der Waals surface area contributed by atoms with Crippen molar-refractivity contribution in [1.82, 2.24) is 14.3 Å². The number of hydrogen-bond donors (Lipinski definition) is 0. The fourth-order valence-electron chi connectivity index (χ4n) is 4.39. The number of nitrogens with zero attached hydrogens (tertiary/aromatic N) is 5. The Balaban J connectivity index is 1.68. The Morgan fingerprint density at radius 3 is 2.50 bits per heavy atom. The van der Waals surface area contributed by atoms with Gasteiger partial charge in [0.15, 0.2) is 0 Å². The molecule has 5 rings (SSSR count). The molecule has 0 radical (unpaired) electrons. The molecule has 1 aliphatic heterocycles. The quantitative estimate of drug-likeness (QED) is 0.357. The molecule has 2 heterocycles. The number of aromatic nitrogens is 3. The molecule has 4 aromatic rings. The molecule has 0 fully saturated rings. The summed E-state index contributed by atoms with van der Waals surface area (Å²) in [5, 5.41) is 12.1. The third-order valence-corrected chi connectivity index (χ3v) is 6.50. The Kier molecular flexibility index (Phi) is 6.82. The maximum atomic E-state index is 13.4. The van der Waals surface area contributed by atoms with Crippen molar-refractivity contribution in [3.63, 3.8) is 0 Å². The average molecular weight is 500 g/mol. The summed E-state index contributed by atoms with van der Waals surface area (Å²) >= 11 is 6.05. The van der Waals surface area contributed by atoms with Crippen molar-refractivity contribution in [3.8, 4) is 5.69 Å². The number of aldehydes is 1. The second kappa shape index (κ2) is 10.3. The molecule has 3 aromatic carbocycles. The first kappa shape index (κ1) is 23.8. The lowest BCUT2D eigenvalue weighted by atomic mass is 9.94. The van der Waals surface area contributed by atoms with Crippen LogP contribution in [0.3, 0.4) is 0 Å². The van der Waals surface area contributed by atoms with E-state index in [-0.39, 0.29) is 18.7 Å².